The Morgan fingerprint density at radius 3 is 2.75 bits per heavy atom. The third kappa shape index (κ3) is 1.70. The van der Waals surface area contributed by atoms with Crippen LogP contribution in [0.5, 0.6) is 0 Å². The minimum absolute atomic E-state index is 1.20. The molecule has 0 amide bonds. The molecule has 0 fully saturated rings. The molecule has 0 unspecified atom stereocenters. The van der Waals surface area contributed by atoms with Gasteiger partial charge in [-0.15, -0.1) is 0 Å². The Hall–Kier alpha value is -0.420. The van der Waals surface area contributed by atoms with E-state index in [2.05, 4.69) is 61.7 Å². The summed E-state index contributed by atoms with van der Waals surface area (Å²) in [5.41, 5.74) is 5.82. The van der Waals surface area contributed by atoms with E-state index >= 15 is 0 Å². The minimum atomic E-state index is 1.20. The minimum Gasteiger partial charge on any atom is -0.282 e. The van der Waals surface area contributed by atoms with Gasteiger partial charge in [-0.25, -0.2) is 0 Å². The number of aryl methyl sites for hydroxylation is 2. The number of fused-ring (bicyclic) bond motifs is 3. The Kier molecular flexibility index (Phi) is 2.98. The summed E-state index contributed by atoms with van der Waals surface area (Å²) in [6.07, 6.45) is 5.86. The van der Waals surface area contributed by atoms with E-state index in [1.165, 1.54) is 41.6 Å². The van der Waals surface area contributed by atoms with Crippen molar-refractivity contribution in [1.82, 2.24) is 3.97 Å². The van der Waals surface area contributed by atoms with Gasteiger partial charge >= 0.3 is 0 Å². The van der Waals surface area contributed by atoms with Crippen LogP contribution in [0, 0.1) is 0 Å². The molecule has 1 aliphatic carbocycles. The Morgan fingerprint density at radius 1 is 1.06 bits per heavy atom. The molecule has 0 N–H and O–H groups in total. The number of nitrogens with zero attached hydrogens (tertiary/aromatic N) is 1. The zero-order valence-electron chi connectivity index (χ0n) is 8.82. The van der Waals surface area contributed by atoms with Crippen LogP contribution in [0.15, 0.2) is 36.5 Å². The van der Waals surface area contributed by atoms with Gasteiger partial charge in [-0.1, -0.05) is 24.3 Å². The predicted octanol–water partition coefficient (Wildman–Crippen LogP) is 4.49. The smallest absolute Gasteiger partial charge is 0.0633 e. The fourth-order valence-corrected chi connectivity index (χ4v) is 3.82. The van der Waals surface area contributed by atoms with Gasteiger partial charge in [-0.3, -0.25) is 3.97 Å². The first-order chi connectivity index (χ1) is 7.90. The third-order valence-corrected chi connectivity index (χ3v) is 4.90. The molecule has 0 bridgehead atoms. The van der Waals surface area contributed by atoms with Crippen LogP contribution in [0.2, 0.25) is 0 Å². The lowest BCUT2D eigenvalue weighted by Gasteiger charge is -2.09. The monoisotopic (exact) mass is 341 g/mol. The van der Waals surface area contributed by atoms with Crippen LogP contribution in [-0.2, 0) is 12.8 Å². The first-order valence-corrected chi connectivity index (χ1v) is 8.79. The van der Waals surface area contributed by atoms with Crippen LogP contribution >= 0.6 is 30.3 Å². The van der Waals surface area contributed by atoms with Crippen LogP contribution in [0.3, 0.4) is 0 Å². The van der Waals surface area contributed by atoms with Crippen LogP contribution in [0.4, 0.5) is 0 Å². The number of aromatic nitrogens is 1. The lowest BCUT2D eigenvalue weighted by atomic mass is 10.0. The molecule has 82 valence electrons. The van der Waals surface area contributed by atoms with Crippen molar-refractivity contribution in [3.8, 4) is 11.3 Å². The summed E-state index contributed by atoms with van der Waals surface area (Å²) in [5.74, 6) is 0. The van der Waals surface area contributed by atoms with E-state index in [-0.39, 0.29) is 0 Å². The van der Waals surface area contributed by atoms with Crippen LogP contribution in [0.25, 0.3) is 11.3 Å². The molecule has 3 heteroatoms. The molecular formula is C13H12INS. The standard InChI is InChI=1S/C13H12INS/c14-16-15-9-8-11-6-3-5-10-4-1-2-7-12(10)13(11)15/h1-2,4,7-9H,3,5-6H2. The molecule has 0 aliphatic heterocycles. The fraction of sp³-hybridized carbons (Fsp3) is 0.231. The topological polar surface area (TPSA) is 4.93 Å². The van der Waals surface area contributed by atoms with Crippen LogP contribution in [-0.4, -0.2) is 3.97 Å². The SMILES string of the molecule is ISn1ccc2c1-c1ccccc1CCC2. The summed E-state index contributed by atoms with van der Waals surface area (Å²) in [5, 5.41) is 0. The van der Waals surface area contributed by atoms with Crippen molar-refractivity contribution < 1.29 is 0 Å². The van der Waals surface area contributed by atoms with Gasteiger partial charge in [0.15, 0.2) is 0 Å². The second kappa shape index (κ2) is 4.45. The second-order valence-electron chi connectivity index (χ2n) is 4.10. The van der Waals surface area contributed by atoms with Crippen LogP contribution < -0.4 is 0 Å². The normalized spacial score (nSPS) is 14.1. The van der Waals surface area contributed by atoms with Gasteiger partial charge in [0.2, 0.25) is 0 Å². The van der Waals surface area contributed by atoms with Gasteiger partial charge in [0.05, 0.1) is 5.69 Å². The maximum atomic E-state index is 2.35. The molecule has 1 aliphatic rings. The van der Waals surface area contributed by atoms with Gasteiger partial charge in [0.1, 0.15) is 0 Å². The van der Waals surface area contributed by atoms with Crippen molar-refractivity contribution in [3.05, 3.63) is 47.7 Å². The van der Waals surface area contributed by atoms with E-state index in [0.29, 0.717) is 0 Å². The van der Waals surface area contributed by atoms with Gasteiger partial charge in [0, 0.05) is 42.1 Å². The first-order valence-electron chi connectivity index (χ1n) is 5.48. The average molecular weight is 341 g/mol. The Labute approximate surface area is 112 Å². The Bertz CT molecular complexity index is 518. The lowest BCUT2D eigenvalue weighted by molar-refractivity contribution is 0.835. The molecule has 1 aromatic carbocycles. The molecule has 0 spiro atoms. The van der Waals surface area contributed by atoms with Crippen molar-refractivity contribution in [2.45, 2.75) is 19.3 Å². The number of hydrogen-bond acceptors (Lipinski definition) is 1. The van der Waals surface area contributed by atoms with Crippen LogP contribution in [0.1, 0.15) is 17.5 Å². The quantitative estimate of drug-likeness (QED) is 0.692. The molecule has 0 radical (unpaired) electrons. The molecule has 0 atom stereocenters. The average Bonchev–Trinajstić information content (AvgIpc) is 2.64. The third-order valence-electron chi connectivity index (χ3n) is 3.17. The van der Waals surface area contributed by atoms with Crippen molar-refractivity contribution in [3.63, 3.8) is 0 Å². The van der Waals surface area contributed by atoms with E-state index in [4.69, 9.17) is 0 Å². The van der Waals surface area contributed by atoms with E-state index in [9.17, 15) is 0 Å². The molecular weight excluding hydrogens is 329 g/mol. The highest BCUT2D eigenvalue weighted by atomic mass is 127. The highest BCUT2D eigenvalue weighted by Gasteiger charge is 2.17. The zero-order chi connectivity index (χ0) is 11.0. The number of hydrogen-bond donors (Lipinski definition) is 0. The van der Waals surface area contributed by atoms with E-state index < -0.39 is 0 Å². The summed E-state index contributed by atoms with van der Waals surface area (Å²) >= 11 is 2.35. The second-order valence-corrected chi connectivity index (χ2v) is 5.81. The molecule has 0 saturated carbocycles. The first kappa shape index (κ1) is 10.7. The highest BCUT2D eigenvalue weighted by Crippen LogP contribution is 2.36. The van der Waals surface area contributed by atoms with E-state index in [1.807, 2.05) is 0 Å². The maximum Gasteiger partial charge on any atom is 0.0633 e. The largest absolute Gasteiger partial charge is 0.282 e. The highest BCUT2D eigenvalue weighted by molar-refractivity contribution is 14.2. The lowest BCUT2D eigenvalue weighted by Crippen LogP contribution is -1.91. The summed E-state index contributed by atoms with van der Waals surface area (Å²) < 4.78 is 2.28. The van der Waals surface area contributed by atoms with Gasteiger partial charge in [-0.2, -0.15) is 0 Å². The molecule has 1 aromatic heterocycles. The number of rotatable bonds is 1. The maximum absolute atomic E-state index is 2.35. The van der Waals surface area contributed by atoms with Gasteiger partial charge in [0.25, 0.3) is 0 Å². The van der Waals surface area contributed by atoms with Gasteiger partial charge < -0.3 is 0 Å². The van der Waals surface area contributed by atoms with Crippen molar-refractivity contribution in [2.75, 3.05) is 0 Å². The van der Waals surface area contributed by atoms with Crippen molar-refractivity contribution >= 4 is 30.3 Å². The molecule has 2 aromatic rings. The summed E-state index contributed by atoms with van der Waals surface area (Å²) in [7, 11) is 1.75. The zero-order valence-corrected chi connectivity index (χ0v) is 11.8. The van der Waals surface area contributed by atoms with Gasteiger partial charge in [-0.05, 0) is 36.5 Å². The fourth-order valence-electron chi connectivity index (χ4n) is 2.44. The summed E-state index contributed by atoms with van der Waals surface area (Å²) in [6.45, 7) is 0. The Balaban J connectivity index is 2.27. The molecule has 3 rings (SSSR count). The number of benzene rings is 1. The molecule has 16 heavy (non-hydrogen) atoms. The van der Waals surface area contributed by atoms with Crippen molar-refractivity contribution in [2.24, 2.45) is 0 Å². The molecule has 0 saturated heterocycles. The number of halogens is 1. The molecule has 1 nitrogen and oxygen atoms in total. The Morgan fingerprint density at radius 2 is 1.88 bits per heavy atom. The van der Waals surface area contributed by atoms with Crippen molar-refractivity contribution in [1.29, 1.82) is 0 Å². The summed E-state index contributed by atoms with van der Waals surface area (Å²) in [6, 6.07) is 11.1. The summed E-state index contributed by atoms with van der Waals surface area (Å²) in [4.78, 5) is 0. The molecule has 1 heterocycles. The van der Waals surface area contributed by atoms with E-state index in [1.54, 1.807) is 9.12 Å². The predicted molar refractivity (Wildman–Crippen MR) is 78.9 cm³/mol. The van der Waals surface area contributed by atoms with E-state index in [0.717, 1.165) is 0 Å².